The van der Waals surface area contributed by atoms with Crippen LogP contribution >= 0.6 is 0 Å². The summed E-state index contributed by atoms with van der Waals surface area (Å²) in [6.45, 7) is 4.63. The van der Waals surface area contributed by atoms with Gasteiger partial charge in [-0.05, 0) is 26.0 Å². The lowest BCUT2D eigenvalue weighted by Gasteiger charge is -2.17. The Hall–Kier alpha value is -1.92. The number of rotatable bonds is 3. The van der Waals surface area contributed by atoms with Crippen LogP contribution in [0, 0.1) is 0 Å². The minimum atomic E-state index is -0.571. The Morgan fingerprint density at radius 3 is 3.15 bits per heavy atom. The lowest BCUT2D eigenvalue weighted by molar-refractivity contribution is -0.137. The number of ether oxygens (including phenoxy) is 2. The van der Waals surface area contributed by atoms with Crippen molar-refractivity contribution in [1.29, 1.82) is 0 Å². The standard InChI is InChI=1S/C14H17N3O3/c1-14(2)19-9-10(20-14)7-16-13(18)11-8-15-12-5-3-4-6-17(11)12/h3-6,8,10H,7,9H2,1-2H3,(H,16,18). The normalized spacial score (nSPS) is 21.2. The minimum absolute atomic E-state index is 0.117. The third-order valence-electron chi connectivity index (χ3n) is 3.21. The van der Waals surface area contributed by atoms with Gasteiger partial charge in [-0.25, -0.2) is 4.98 Å². The van der Waals surface area contributed by atoms with E-state index < -0.39 is 5.79 Å². The number of nitrogens with zero attached hydrogens (tertiary/aromatic N) is 2. The smallest absolute Gasteiger partial charge is 0.270 e. The summed E-state index contributed by atoms with van der Waals surface area (Å²) in [4.78, 5) is 16.4. The van der Waals surface area contributed by atoms with Gasteiger partial charge in [-0.3, -0.25) is 9.20 Å². The summed E-state index contributed by atoms with van der Waals surface area (Å²) in [5.74, 6) is -0.740. The Bertz CT molecular complexity index is 635. The molecule has 0 aromatic carbocycles. The molecule has 2 aromatic rings. The molecule has 1 unspecified atom stereocenters. The van der Waals surface area contributed by atoms with Crippen molar-refractivity contribution in [2.24, 2.45) is 0 Å². The van der Waals surface area contributed by atoms with Crippen molar-refractivity contribution < 1.29 is 14.3 Å². The van der Waals surface area contributed by atoms with Crippen molar-refractivity contribution in [2.75, 3.05) is 13.2 Å². The number of aromatic nitrogens is 2. The van der Waals surface area contributed by atoms with Crippen molar-refractivity contribution in [3.63, 3.8) is 0 Å². The van der Waals surface area contributed by atoms with E-state index in [2.05, 4.69) is 10.3 Å². The second-order valence-electron chi connectivity index (χ2n) is 5.23. The van der Waals surface area contributed by atoms with Crippen molar-refractivity contribution >= 4 is 11.6 Å². The van der Waals surface area contributed by atoms with Crippen LogP contribution in [0.4, 0.5) is 0 Å². The van der Waals surface area contributed by atoms with Gasteiger partial charge in [0.15, 0.2) is 5.79 Å². The third kappa shape index (κ3) is 2.52. The molecular weight excluding hydrogens is 258 g/mol. The van der Waals surface area contributed by atoms with Crippen LogP contribution in [0.25, 0.3) is 5.65 Å². The van der Waals surface area contributed by atoms with Gasteiger partial charge in [0, 0.05) is 12.7 Å². The van der Waals surface area contributed by atoms with Crippen LogP contribution in [0.15, 0.2) is 30.6 Å². The fraction of sp³-hybridized carbons (Fsp3) is 0.429. The topological polar surface area (TPSA) is 64.9 Å². The monoisotopic (exact) mass is 275 g/mol. The largest absolute Gasteiger partial charge is 0.348 e. The van der Waals surface area contributed by atoms with Crippen molar-refractivity contribution in [3.8, 4) is 0 Å². The number of amides is 1. The quantitative estimate of drug-likeness (QED) is 0.914. The minimum Gasteiger partial charge on any atom is -0.348 e. The molecule has 0 bridgehead atoms. The molecule has 0 saturated carbocycles. The van der Waals surface area contributed by atoms with Crippen LogP contribution in [0.3, 0.4) is 0 Å². The van der Waals surface area contributed by atoms with E-state index in [-0.39, 0.29) is 12.0 Å². The van der Waals surface area contributed by atoms with Gasteiger partial charge in [0.1, 0.15) is 17.4 Å². The van der Waals surface area contributed by atoms with Crippen LogP contribution in [0.1, 0.15) is 24.3 Å². The fourth-order valence-electron chi connectivity index (χ4n) is 2.26. The van der Waals surface area contributed by atoms with Gasteiger partial charge in [-0.15, -0.1) is 0 Å². The highest BCUT2D eigenvalue weighted by molar-refractivity contribution is 5.93. The first-order chi connectivity index (χ1) is 9.55. The molecule has 0 radical (unpaired) electrons. The lowest BCUT2D eigenvalue weighted by atomic mass is 10.3. The Kier molecular flexibility index (Phi) is 3.19. The molecule has 106 valence electrons. The Balaban J connectivity index is 1.65. The molecule has 1 aliphatic heterocycles. The summed E-state index contributed by atoms with van der Waals surface area (Å²) in [6.07, 6.45) is 3.27. The first kappa shape index (κ1) is 13.1. The van der Waals surface area contributed by atoms with Crippen LogP contribution in [0.2, 0.25) is 0 Å². The summed E-state index contributed by atoms with van der Waals surface area (Å²) >= 11 is 0. The third-order valence-corrected chi connectivity index (χ3v) is 3.21. The number of nitrogens with one attached hydrogen (secondary N) is 1. The van der Waals surface area contributed by atoms with Crippen LogP contribution in [-0.2, 0) is 9.47 Å². The highest BCUT2D eigenvalue weighted by atomic mass is 16.7. The van der Waals surface area contributed by atoms with Gasteiger partial charge in [0.05, 0.1) is 12.8 Å². The van der Waals surface area contributed by atoms with E-state index >= 15 is 0 Å². The average molecular weight is 275 g/mol. The van der Waals surface area contributed by atoms with Crippen LogP contribution in [0.5, 0.6) is 0 Å². The SMILES string of the molecule is CC1(C)OCC(CNC(=O)c2cnc3ccccn23)O1. The molecule has 3 heterocycles. The zero-order chi connectivity index (χ0) is 14.2. The molecule has 1 N–H and O–H groups in total. The first-order valence-corrected chi connectivity index (χ1v) is 6.57. The van der Waals surface area contributed by atoms with Crippen molar-refractivity contribution in [3.05, 3.63) is 36.3 Å². The number of carbonyl (C=O) groups is 1. The predicted octanol–water partition coefficient (Wildman–Crippen LogP) is 1.22. The number of pyridine rings is 1. The van der Waals surface area contributed by atoms with Crippen LogP contribution < -0.4 is 5.32 Å². The Morgan fingerprint density at radius 2 is 2.40 bits per heavy atom. The summed E-state index contributed by atoms with van der Waals surface area (Å²) in [6, 6.07) is 5.60. The van der Waals surface area contributed by atoms with Gasteiger partial charge in [0.25, 0.3) is 5.91 Å². The molecule has 6 nitrogen and oxygen atoms in total. The zero-order valence-electron chi connectivity index (χ0n) is 11.5. The van der Waals surface area contributed by atoms with Crippen molar-refractivity contribution in [1.82, 2.24) is 14.7 Å². The second kappa shape index (κ2) is 4.88. The zero-order valence-corrected chi connectivity index (χ0v) is 11.5. The molecule has 2 aromatic heterocycles. The number of hydrogen-bond donors (Lipinski definition) is 1. The summed E-state index contributed by atoms with van der Waals surface area (Å²) < 4.78 is 12.9. The van der Waals surface area contributed by atoms with E-state index in [0.717, 1.165) is 5.65 Å². The maximum absolute atomic E-state index is 12.2. The molecule has 1 atom stereocenters. The lowest BCUT2D eigenvalue weighted by Crippen LogP contribution is -2.34. The summed E-state index contributed by atoms with van der Waals surface area (Å²) in [5.41, 5.74) is 1.26. The molecule has 1 saturated heterocycles. The highest BCUT2D eigenvalue weighted by Gasteiger charge is 2.32. The van der Waals surface area contributed by atoms with Crippen molar-refractivity contribution in [2.45, 2.75) is 25.7 Å². The average Bonchev–Trinajstić information content (AvgIpc) is 2.99. The second-order valence-corrected chi connectivity index (χ2v) is 5.23. The van der Waals surface area contributed by atoms with E-state index in [4.69, 9.17) is 9.47 Å². The molecule has 6 heteroatoms. The summed E-state index contributed by atoms with van der Waals surface area (Å²) in [5, 5.41) is 2.85. The van der Waals surface area contributed by atoms with E-state index in [1.807, 2.05) is 38.2 Å². The van der Waals surface area contributed by atoms with Gasteiger partial charge >= 0.3 is 0 Å². The molecule has 1 amide bonds. The van der Waals surface area contributed by atoms with E-state index in [0.29, 0.717) is 18.8 Å². The number of carbonyl (C=O) groups excluding carboxylic acids is 1. The number of hydrogen-bond acceptors (Lipinski definition) is 4. The molecule has 20 heavy (non-hydrogen) atoms. The first-order valence-electron chi connectivity index (χ1n) is 6.57. The molecular formula is C14H17N3O3. The molecule has 3 rings (SSSR count). The Morgan fingerprint density at radius 1 is 1.55 bits per heavy atom. The fourth-order valence-corrected chi connectivity index (χ4v) is 2.26. The van der Waals surface area contributed by atoms with Gasteiger partial charge in [-0.1, -0.05) is 6.07 Å². The van der Waals surface area contributed by atoms with Gasteiger partial charge in [-0.2, -0.15) is 0 Å². The molecule has 1 aliphatic rings. The Labute approximate surface area is 116 Å². The highest BCUT2D eigenvalue weighted by Crippen LogP contribution is 2.21. The maximum atomic E-state index is 12.2. The molecule has 0 aliphatic carbocycles. The van der Waals surface area contributed by atoms with Crippen LogP contribution in [-0.4, -0.2) is 40.3 Å². The van der Waals surface area contributed by atoms with E-state index in [1.54, 1.807) is 10.6 Å². The summed E-state index contributed by atoms with van der Waals surface area (Å²) in [7, 11) is 0. The van der Waals surface area contributed by atoms with Gasteiger partial charge in [0.2, 0.25) is 0 Å². The molecule has 1 fully saturated rings. The maximum Gasteiger partial charge on any atom is 0.270 e. The molecule has 0 spiro atoms. The van der Waals surface area contributed by atoms with E-state index in [1.165, 1.54) is 0 Å². The number of fused-ring (bicyclic) bond motifs is 1. The van der Waals surface area contributed by atoms with E-state index in [9.17, 15) is 4.79 Å². The van der Waals surface area contributed by atoms with Gasteiger partial charge < -0.3 is 14.8 Å². The predicted molar refractivity (Wildman–Crippen MR) is 72.4 cm³/mol. The number of imidazole rings is 1.